The molecule has 0 aromatic rings. The number of rotatable bonds is 7. The SMILES string of the molecule is CCCCC(NN)C1CCC(CCC)CC1. The third kappa shape index (κ3) is 4.42. The number of hydrogen-bond donors (Lipinski definition) is 2. The summed E-state index contributed by atoms with van der Waals surface area (Å²) in [6.45, 7) is 4.56. The molecular formula is C14H30N2. The smallest absolute Gasteiger partial charge is 0.0238 e. The summed E-state index contributed by atoms with van der Waals surface area (Å²) in [6.07, 6.45) is 12.3. The monoisotopic (exact) mass is 226 g/mol. The van der Waals surface area contributed by atoms with Gasteiger partial charge in [-0.15, -0.1) is 0 Å². The van der Waals surface area contributed by atoms with Crippen molar-refractivity contribution in [1.82, 2.24) is 5.43 Å². The maximum absolute atomic E-state index is 5.69. The zero-order valence-electron chi connectivity index (χ0n) is 11.2. The van der Waals surface area contributed by atoms with Gasteiger partial charge in [-0.05, 0) is 31.1 Å². The van der Waals surface area contributed by atoms with Crippen LogP contribution in [0.15, 0.2) is 0 Å². The molecule has 0 aliphatic heterocycles. The van der Waals surface area contributed by atoms with Crippen LogP contribution in [0.4, 0.5) is 0 Å². The van der Waals surface area contributed by atoms with E-state index in [1.54, 1.807) is 0 Å². The molecule has 2 heteroatoms. The number of nitrogens with two attached hydrogens (primary N) is 1. The van der Waals surface area contributed by atoms with E-state index >= 15 is 0 Å². The predicted octanol–water partition coefficient (Wildman–Crippen LogP) is 3.62. The average Bonchev–Trinajstić information content (AvgIpc) is 2.32. The first kappa shape index (κ1) is 14.0. The van der Waals surface area contributed by atoms with Crippen molar-refractivity contribution in [3.8, 4) is 0 Å². The second-order valence-electron chi connectivity index (χ2n) is 5.48. The van der Waals surface area contributed by atoms with E-state index in [1.165, 1.54) is 57.8 Å². The minimum atomic E-state index is 0.572. The standard InChI is InChI=1S/C14H30N2/c1-3-5-7-14(16-15)13-10-8-12(6-4-2)9-11-13/h12-14,16H,3-11,15H2,1-2H3. The van der Waals surface area contributed by atoms with Crippen LogP contribution in [-0.2, 0) is 0 Å². The van der Waals surface area contributed by atoms with Crippen LogP contribution in [0.5, 0.6) is 0 Å². The quantitative estimate of drug-likeness (QED) is 0.514. The number of unbranched alkanes of at least 4 members (excludes halogenated alkanes) is 1. The molecule has 1 aliphatic rings. The fourth-order valence-electron chi connectivity index (χ4n) is 3.17. The Morgan fingerprint density at radius 1 is 1.12 bits per heavy atom. The molecule has 2 nitrogen and oxygen atoms in total. The fourth-order valence-corrected chi connectivity index (χ4v) is 3.17. The Morgan fingerprint density at radius 2 is 1.81 bits per heavy atom. The van der Waals surface area contributed by atoms with E-state index in [0.29, 0.717) is 6.04 Å². The van der Waals surface area contributed by atoms with Gasteiger partial charge in [0.25, 0.3) is 0 Å². The molecule has 3 N–H and O–H groups in total. The zero-order valence-corrected chi connectivity index (χ0v) is 11.2. The van der Waals surface area contributed by atoms with Crippen LogP contribution in [0.3, 0.4) is 0 Å². The van der Waals surface area contributed by atoms with Gasteiger partial charge in [0.05, 0.1) is 0 Å². The van der Waals surface area contributed by atoms with Crippen molar-refractivity contribution in [2.45, 2.75) is 77.7 Å². The van der Waals surface area contributed by atoms with Crippen LogP contribution >= 0.6 is 0 Å². The molecule has 0 heterocycles. The van der Waals surface area contributed by atoms with Gasteiger partial charge in [0.15, 0.2) is 0 Å². The first-order chi connectivity index (χ1) is 7.81. The van der Waals surface area contributed by atoms with Gasteiger partial charge in [0.1, 0.15) is 0 Å². The molecule has 0 aromatic heterocycles. The number of nitrogens with one attached hydrogen (secondary N) is 1. The van der Waals surface area contributed by atoms with Crippen molar-refractivity contribution in [2.24, 2.45) is 17.7 Å². The first-order valence-corrected chi connectivity index (χ1v) is 7.27. The van der Waals surface area contributed by atoms with E-state index in [4.69, 9.17) is 5.84 Å². The van der Waals surface area contributed by atoms with E-state index in [-0.39, 0.29) is 0 Å². The minimum absolute atomic E-state index is 0.572. The number of hydrazine groups is 1. The van der Waals surface area contributed by atoms with Gasteiger partial charge in [-0.1, -0.05) is 52.4 Å². The second-order valence-corrected chi connectivity index (χ2v) is 5.48. The molecule has 1 fully saturated rings. The highest BCUT2D eigenvalue weighted by Crippen LogP contribution is 2.34. The van der Waals surface area contributed by atoms with Crippen molar-refractivity contribution >= 4 is 0 Å². The lowest BCUT2D eigenvalue weighted by molar-refractivity contribution is 0.206. The molecule has 1 saturated carbocycles. The molecule has 1 atom stereocenters. The summed E-state index contributed by atoms with van der Waals surface area (Å²) in [5.41, 5.74) is 3.05. The Hall–Kier alpha value is -0.0800. The van der Waals surface area contributed by atoms with Crippen LogP contribution < -0.4 is 11.3 Å². The van der Waals surface area contributed by atoms with E-state index in [2.05, 4.69) is 19.3 Å². The predicted molar refractivity (Wildman–Crippen MR) is 71.0 cm³/mol. The van der Waals surface area contributed by atoms with Crippen molar-refractivity contribution in [3.05, 3.63) is 0 Å². The fraction of sp³-hybridized carbons (Fsp3) is 1.00. The topological polar surface area (TPSA) is 38.0 Å². The summed E-state index contributed by atoms with van der Waals surface area (Å²) in [7, 11) is 0. The van der Waals surface area contributed by atoms with Crippen molar-refractivity contribution in [2.75, 3.05) is 0 Å². The van der Waals surface area contributed by atoms with E-state index in [9.17, 15) is 0 Å². The Balaban J connectivity index is 2.27. The maximum atomic E-state index is 5.69. The van der Waals surface area contributed by atoms with Gasteiger partial charge < -0.3 is 0 Å². The lowest BCUT2D eigenvalue weighted by Gasteiger charge is -2.33. The third-order valence-corrected chi connectivity index (χ3v) is 4.24. The number of hydrogen-bond acceptors (Lipinski definition) is 2. The van der Waals surface area contributed by atoms with Crippen LogP contribution in [0.25, 0.3) is 0 Å². The van der Waals surface area contributed by atoms with E-state index in [1.807, 2.05) is 0 Å². The molecule has 1 unspecified atom stereocenters. The molecular weight excluding hydrogens is 196 g/mol. The lowest BCUT2D eigenvalue weighted by atomic mass is 9.76. The van der Waals surface area contributed by atoms with Gasteiger partial charge in [0.2, 0.25) is 0 Å². The van der Waals surface area contributed by atoms with Gasteiger partial charge >= 0.3 is 0 Å². The van der Waals surface area contributed by atoms with Crippen molar-refractivity contribution < 1.29 is 0 Å². The Morgan fingerprint density at radius 3 is 2.31 bits per heavy atom. The first-order valence-electron chi connectivity index (χ1n) is 7.27. The molecule has 96 valence electrons. The Kier molecular flexibility index (Phi) is 7.06. The minimum Gasteiger partial charge on any atom is -0.271 e. The normalized spacial score (nSPS) is 27.9. The largest absolute Gasteiger partial charge is 0.271 e. The molecule has 0 radical (unpaired) electrons. The zero-order chi connectivity index (χ0) is 11.8. The molecule has 0 spiro atoms. The summed E-state index contributed by atoms with van der Waals surface area (Å²) in [5, 5.41) is 0. The Bertz CT molecular complexity index is 162. The van der Waals surface area contributed by atoms with E-state index < -0.39 is 0 Å². The van der Waals surface area contributed by atoms with Crippen molar-refractivity contribution in [1.29, 1.82) is 0 Å². The lowest BCUT2D eigenvalue weighted by Crippen LogP contribution is -2.42. The molecule has 0 amide bonds. The van der Waals surface area contributed by atoms with Crippen LogP contribution in [0.1, 0.15) is 71.6 Å². The van der Waals surface area contributed by atoms with Gasteiger partial charge in [-0.2, -0.15) is 0 Å². The molecule has 1 aliphatic carbocycles. The highest BCUT2D eigenvalue weighted by molar-refractivity contribution is 4.80. The third-order valence-electron chi connectivity index (χ3n) is 4.24. The van der Waals surface area contributed by atoms with Crippen LogP contribution in [-0.4, -0.2) is 6.04 Å². The summed E-state index contributed by atoms with van der Waals surface area (Å²) < 4.78 is 0. The second kappa shape index (κ2) is 8.08. The van der Waals surface area contributed by atoms with Crippen LogP contribution in [0.2, 0.25) is 0 Å². The highest BCUT2D eigenvalue weighted by Gasteiger charge is 2.26. The van der Waals surface area contributed by atoms with Crippen molar-refractivity contribution in [3.63, 3.8) is 0 Å². The highest BCUT2D eigenvalue weighted by atomic mass is 15.2. The summed E-state index contributed by atoms with van der Waals surface area (Å²) in [5.74, 6) is 7.53. The maximum Gasteiger partial charge on any atom is 0.0238 e. The Labute approximate surface area is 101 Å². The van der Waals surface area contributed by atoms with Gasteiger partial charge in [0, 0.05) is 6.04 Å². The average molecular weight is 226 g/mol. The summed E-state index contributed by atoms with van der Waals surface area (Å²) >= 11 is 0. The molecule has 0 saturated heterocycles. The molecule has 0 aromatic carbocycles. The molecule has 1 rings (SSSR count). The van der Waals surface area contributed by atoms with E-state index in [0.717, 1.165) is 11.8 Å². The molecule has 0 bridgehead atoms. The summed E-state index contributed by atoms with van der Waals surface area (Å²) in [4.78, 5) is 0. The molecule has 16 heavy (non-hydrogen) atoms. The summed E-state index contributed by atoms with van der Waals surface area (Å²) in [6, 6.07) is 0.572. The van der Waals surface area contributed by atoms with Gasteiger partial charge in [-0.3, -0.25) is 11.3 Å². The van der Waals surface area contributed by atoms with Crippen LogP contribution in [0, 0.1) is 11.8 Å². The van der Waals surface area contributed by atoms with Gasteiger partial charge in [-0.25, -0.2) is 0 Å².